The normalized spacial score (nSPS) is 14.0. The molecule has 1 atom stereocenters. The molecule has 2 aliphatic heterocycles. The highest BCUT2D eigenvalue weighted by Crippen LogP contribution is 2.63. The van der Waals surface area contributed by atoms with Gasteiger partial charge in [0.1, 0.15) is 27.9 Å². The Morgan fingerprint density at radius 2 is 1.10 bits per heavy atom. The Balaban J connectivity index is 1.29. The first-order chi connectivity index (χ1) is 24.7. The molecule has 0 amide bonds. The molecule has 242 valence electrons. The average Bonchev–Trinajstić information content (AvgIpc) is 3.16. The first-order valence-electron chi connectivity index (χ1n) is 16.5. The number of rotatable bonds is 5. The van der Waals surface area contributed by atoms with Crippen molar-refractivity contribution >= 4 is 24.4 Å². The van der Waals surface area contributed by atoms with E-state index in [2.05, 4.69) is 66.7 Å². The highest BCUT2D eigenvalue weighted by atomic mass is 32.2. The van der Waals surface area contributed by atoms with E-state index in [1.807, 2.05) is 91.0 Å². The summed E-state index contributed by atoms with van der Waals surface area (Å²) in [7, 11) is 0. The van der Waals surface area contributed by atoms with Crippen molar-refractivity contribution in [3.05, 3.63) is 186 Å². The summed E-state index contributed by atoms with van der Waals surface area (Å²) in [5.41, 5.74) is 5.34. The fourth-order valence-corrected chi connectivity index (χ4v) is 7.95. The number of fused-ring (bicyclic) bond motifs is 7. The van der Waals surface area contributed by atoms with E-state index in [0.717, 1.165) is 43.5 Å². The van der Waals surface area contributed by atoms with Gasteiger partial charge in [-0.2, -0.15) is 0 Å². The SMILES string of the molecule is Sc1c2c(Oc3ccccc3Cc3ccccc3)c3c(c1Oc1ccccc1C(c1ccccc1)c1ccccc1O2)Oc1ccccc1S3. The van der Waals surface area contributed by atoms with E-state index in [1.165, 1.54) is 5.56 Å². The summed E-state index contributed by atoms with van der Waals surface area (Å²) in [6.45, 7) is 0. The molecule has 0 saturated carbocycles. The Labute approximate surface area is 300 Å². The van der Waals surface area contributed by atoms with Crippen LogP contribution in [0.25, 0.3) is 0 Å². The third-order valence-corrected chi connectivity index (χ3v) is 10.5. The molecular weight excluding hydrogens is 657 g/mol. The van der Waals surface area contributed by atoms with Crippen molar-refractivity contribution in [1.82, 2.24) is 0 Å². The van der Waals surface area contributed by atoms with Gasteiger partial charge in [0, 0.05) is 23.5 Å². The van der Waals surface area contributed by atoms with Crippen LogP contribution in [-0.4, -0.2) is 0 Å². The molecule has 0 aliphatic carbocycles. The molecule has 7 aromatic carbocycles. The van der Waals surface area contributed by atoms with Gasteiger partial charge in [-0.1, -0.05) is 139 Å². The molecular formula is C44H30O4S2. The van der Waals surface area contributed by atoms with Gasteiger partial charge >= 0.3 is 0 Å². The number of ether oxygens (including phenoxy) is 4. The van der Waals surface area contributed by atoms with Crippen LogP contribution in [0.4, 0.5) is 0 Å². The van der Waals surface area contributed by atoms with Crippen molar-refractivity contribution in [2.45, 2.75) is 27.0 Å². The third-order valence-electron chi connectivity index (χ3n) is 8.97. The summed E-state index contributed by atoms with van der Waals surface area (Å²) in [6, 6.07) is 53.3. The van der Waals surface area contributed by atoms with Crippen molar-refractivity contribution < 1.29 is 18.9 Å². The number of benzene rings is 7. The van der Waals surface area contributed by atoms with Crippen LogP contribution in [0.3, 0.4) is 0 Å². The largest absolute Gasteiger partial charge is 0.452 e. The number of hydrogen-bond donors (Lipinski definition) is 1. The maximum absolute atomic E-state index is 7.04. The lowest BCUT2D eigenvalue weighted by molar-refractivity contribution is 0.353. The van der Waals surface area contributed by atoms with Crippen LogP contribution in [0.15, 0.2) is 172 Å². The zero-order valence-electron chi connectivity index (χ0n) is 26.8. The smallest absolute Gasteiger partial charge is 0.189 e. The van der Waals surface area contributed by atoms with Gasteiger partial charge in [-0.05, 0) is 47.0 Å². The van der Waals surface area contributed by atoms with E-state index in [9.17, 15) is 0 Å². The highest BCUT2D eigenvalue weighted by Gasteiger charge is 2.36. The minimum Gasteiger partial charge on any atom is -0.452 e. The van der Waals surface area contributed by atoms with Gasteiger partial charge in [0.25, 0.3) is 0 Å². The van der Waals surface area contributed by atoms with E-state index in [0.29, 0.717) is 45.8 Å². The monoisotopic (exact) mass is 686 g/mol. The Bertz CT molecular complexity index is 2360. The van der Waals surface area contributed by atoms with Gasteiger partial charge in [0.15, 0.2) is 23.0 Å². The Morgan fingerprint density at radius 3 is 1.84 bits per heavy atom. The molecule has 4 nitrogen and oxygen atoms in total. The van der Waals surface area contributed by atoms with Crippen molar-refractivity contribution in [3.8, 4) is 46.0 Å². The highest BCUT2D eigenvalue weighted by molar-refractivity contribution is 7.99. The molecule has 0 saturated heterocycles. The molecule has 50 heavy (non-hydrogen) atoms. The molecule has 0 radical (unpaired) electrons. The van der Waals surface area contributed by atoms with E-state index >= 15 is 0 Å². The summed E-state index contributed by atoms with van der Waals surface area (Å²) in [6.07, 6.45) is 0.704. The Morgan fingerprint density at radius 1 is 0.540 bits per heavy atom. The summed E-state index contributed by atoms with van der Waals surface area (Å²) in [4.78, 5) is 2.18. The van der Waals surface area contributed by atoms with Gasteiger partial charge in [-0.15, -0.1) is 12.6 Å². The molecule has 7 aromatic rings. The predicted octanol–water partition coefficient (Wildman–Crippen LogP) is 12.7. The maximum Gasteiger partial charge on any atom is 0.189 e. The summed E-state index contributed by atoms with van der Waals surface area (Å²) in [5.74, 6) is 4.63. The van der Waals surface area contributed by atoms with Crippen molar-refractivity contribution in [2.75, 3.05) is 0 Å². The van der Waals surface area contributed by atoms with Crippen molar-refractivity contribution in [3.63, 3.8) is 0 Å². The number of hydrogen-bond acceptors (Lipinski definition) is 6. The topological polar surface area (TPSA) is 36.9 Å². The standard InChI is InChI=1S/C44H30O4S2/c49-43-39-41(45-33-22-10-7-19-30(33)27-28-15-3-1-4-16-28)44-42(48-36-25-13-14-26-37(36)50-44)40(43)47-35-24-12-9-21-32(35)38(29-17-5-2-6-18-29)31-20-8-11-23-34(31)46-39/h1-26,38,49H,27H2. The predicted molar refractivity (Wildman–Crippen MR) is 201 cm³/mol. The van der Waals surface area contributed by atoms with E-state index in [1.54, 1.807) is 11.8 Å². The molecule has 0 fully saturated rings. The van der Waals surface area contributed by atoms with Gasteiger partial charge in [-0.25, -0.2) is 0 Å². The molecule has 2 bridgehead atoms. The quantitative estimate of drug-likeness (QED) is 0.182. The molecule has 2 aliphatic rings. The minimum absolute atomic E-state index is 0.182. The number of thiol groups is 1. The lowest BCUT2D eigenvalue weighted by atomic mass is 9.84. The fourth-order valence-electron chi connectivity index (χ4n) is 6.62. The fraction of sp³-hybridized carbons (Fsp3) is 0.0455. The molecule has 1 unspecified atom stereocenters. The van der Waals surface area contributed by atoms with Crippen LogP contribution in [0.5, 0.6) is 46.0 Å². The van der Waals surface area contributed by atoms with Gasteiger partial charge in [0.2, 0.25) is 0 Å². The summed E-state index contributed by atoms with van der Waals surface area (Å²) < 4.78 is 27.7. The van der Waals surface area contributed by atoms with Crippen molar-refractivity contribution in [2.24, 2.45) is 0 Å². The van der Waals surface area contributed by atoms with E-state index in [-0.39, 0.29) is 5.92 Å². The molecule has 0 aromatic heterocycles. The lowest BCUT2D eigenvalue weighted by Gasteiger charge is -2.30. The van der Waals surface area contributed by atoms with Gasteiger partial charge < -0.3 is 18.9 Å². The van der Waals surface area contributed by atoms with Crippen LogP contribution in [-0.2, 0) is 6.42 Å². The van der Waals surface area contributed by atoms with Crippen LogP contribution < -0.4 is 18.9 Å². The minimum atomic E-state index is -0.182. The van der Waals surface area contributed by atoms with E-state index < -0.39 is 0 Å². The van der Waals surface area contributed by atoms with Gasteiger partial charge in [0.05, 0.1) is 9.79 Å². The Hall–Kier alpha value is -5.56. The van der Waals surface area contributed by atoms with Crippen molar-refractivity contribution in [1.29, 1.82) is 0 Å². The zero-order valence-corrected chi connectivity index (χ0v) is 28.5. The number of para-hydroxylation sites is 4. The summed E-state index contributed by atoms with van der Waals surface area (Å²) in [5, 5.41) is 0. The molecule has 2 heterocycles. The second kappa shape index (κ2) is 13.0. The van der Waals surface area contributed by atoms with Crippen LogP contribution in [0.1, 0.15) is 33.7 Å². The molecule has 9 rings (SSSR count). The maximum atomic E-state index is 7.04. The average molecular weight is 687 g/mol. The second-order valence-electron chi connectivity index (χ2n) is 12.1. The summed E-state index contributed by atoms with van der Waals surface area (Å²) >= 11 is 6.71. The van der Waals surface area contributed by atoms with Crippen LogP contribution in [0.2, 0.25) is 0 Å². The third kappa shape index (κ3) is 5.56. The molecule has 0 spiro atoms. The lowest BCUT2D eigenvalue weighted by Crippen LogP contribution is -2.10. The van der Waals surface area contributed by atoms with Gasteiger partial charge in [-0.3, -0.25) is 0 Å². The van der Waals surface area contributed by atoms with E-state index in [4.69, 9.17) is 31.6 Å². The first-order valence-corrected chi connectivity index (χ1v) is 17.7. The molecule has 6 heteroatoms. The van der Waals surface area contributed by atoms with Crippen LogP contribution >= 0.6 is 24.4 Å². The second-order valence-corrected chi connectivity index (χ2v) is 13.6. The molecule has 0 N–H and O–H groups in total. The Kier molecular flexibility index (Phi) is 7.96. The zero-order chi connectivity index (χ0) is 33.4. The van der Waals surface area contributed by atoms with Crippen LogP contribution in [0, 0.1) is 0 Å². The first kappa shape index (κ1) is 30.5.